The average Bonchev–Trinajstić information content (AvgIpc) is 2.76. The van der Waals surface area contributed by atoms with Crippen molar-refractivity contribution in [2.45, 2.75) is 6.54 Å². The summed E-state index contributed by atoms with van der Waals surface area (Å²) in [6, 6.07) is 12.7. The third-order valence-electron chi connectivity index (χ3n) is 2.33. The van der Waals surface area contributed by atoms with Crippen LogP contribution in [-0.2, 0) is 6.54 Å². The number of nitrogens with one attached hydrogen (secondary N) is 1. The van der Waals surface area contributed by atoms with E-state index in [1.807, 2.05) is 25.2 Å². The van der Waals surface area contributed by atoms with Crippen LogP contribution in [0.4, 0.5) is 0 Å². The van der Waals surface area contributed by atoms with Gasteiger partial charge in [-0.15, -0.1) is 11.3 Å². The highest BCUT2D eigenvalue weighted by atomic mass is 32.1. The lowest BCUT2D eigenvalue weighted by Crippen LogP contribution is -2.29. The van der Waals surface area contributed by atoms with E-state index in [0.717, 1.165) is 6.54 Å². The maximum atomic E-state index is 3.27. The van der Waals surface area contributed by atoms with E-state index in [1.165, 1.54) is 16.0 Å². The van der Waals surface area contributed by atoms with Gasteiger partial charge in [0.2, 0.25) is 0 Å². The molecule has 0 radical (unpaired) electrons. The van der Waals surface area contributed by atoms with Crippen LogP contribution < -0.4 is 5.43 Å². The second-order valence-corrected chi connectivity index (χ2v) is 4.89. The van der Waals surface area contributed by atoms with Crippen molar-refractivity contribution < 1.29 is 0 Å². The predicted molar refractivity (Wildman–Crippen MR) is 70.3 cm³/mol. The number of thiophene rings is 1. The van der Waals surface area contributed by atoms with Crippen LogP contribution in [0.1, 0.15) is 4.88 Å². The number of hydrazine groups is 1. The molecular weight excluding hydrogens is 216 g/mol. The summed E-state index contributed by atoms with van der Waals surface area (Å²) >= 11 is 1.80. The molecule has 0 aliphatic carbocycles. The second kappa shape index (κ2) is 5.25. The van der Waals surface area contributed by atoms with Gasteiger partial charge >= 0.3 is 0 Å². The highest BCUT2D eigenvalue weighted by molar-refractivity contribution is 7.10. The lowest BCUT2D eigenvalue weighted by molar-refractivity contribution is 0.287. The standard InChI is InChI=1S/C13H16N2S/c1-15(2)14-9-13-8-12(10-16-13)11-6-4-3-5-7-11/h3-8,10,14H,9H2,1-2H3. The van der Waals surface area contributed by atoms with Crippen molar-refractivity contribution in [3.63, 3.8) is 0 Å². The van der Waals surface area contributed by atoms with Gasteiger partial charge in [0.05, 0.1) is 0 Å². The Morgan fingerprint density at radius 3 is 2.56 bits per heavy atom. The van der Waals surface area contributed by atoms with Gasteiger partial charge in [0, 0.05) is 25.5 Å². The minimum Gasteiger partial charge on any atom is -0.250 e. The van der Waals surface area contributed by atoms with Crippen LogP contribution in [0.3, 0.4) is 0 Å². The van der Waals surface area contributed by atoms with Crippen LogP contribution in [0.25, 0.3) is 11.1 Å². The molecule has 1 aromatic carbocycles. The molecule has 0 unspecified atom stereocenters. The highest BCUT2D eigenvalue weighted by Crippen LogP contribution is 2.25. The minimum absolute atomic E-state index is 0.893. The van der Waals surface area contributed by atoms with Crippen molar-refractivity contribution in [1.29, 1.82) is 0 Å². The van der Waals surface area contributed by atoms with Crippen LogP contribution in [0, 0.1) is 0 Å². The number of nitrogens with zero attached hydrogens (tertiary/aromatic N) is 1. The van der Waals surface area contributed by atoms with E-state index < -0.39 is 0 Å². The molecule has 2 aromatic rings. The van der Waals surface area contributed by atoms with Crippen molar-refractivity contribution in [3.8, 4) is 11.1 Å². The van der Waals surface area contributed by atoms with Crippen LogP contribution >= 0.6 is 11.3 Å². The third kappa shape index (κ3) is 2.92. The van der Waals surface area contributed by atoms with Gasteiger partial charge in [-0.2, -0.15) is 0 Å². The molecule has 2 rings (SSSR count). The second-order valence-electron chi connectivity index (χ2n) is 3.90. The van der Waals surface area contributed by atoms with Gasteiger partial charge in [-0.25, -0.2) is 0 Å². The van der Waals surface area contributed by atoms with Gasteiger partial charge in [-0.3, -0.25) is 10.4 Å². The van der Waals surface area contributed by atoms with E-state index in [-0.39, 0.29) is 0 Å². The summed E-state index contributed by atoms with van der Waals surface area (Å²) < 4.78 is 0. The van der Waals surface area contributed by atoms with E-state index >= 15 is 0 Å². The SMILES string of the molecule is CN(C)NCc1cc(-c2ccccc2)cs1. The maximum absolute atomic E-state index is 3.27. The molecule has 84 valence electrons. The quantitative estimate of drug-likeness (QED) is 0.815. The summed E-state index contributed by atoms with van der Waals surface area (Å²) in [5.74, 6) is 0. The minimum atomic E-state index is 0.893. The lowest BCUT2D eigenvalue weighted by Gasteiger charge is -2.09. The highest BCUT2D eigenvalue weighted by Gasteiger charge is 2.01. The first kappa shape index (κ1) is 11.3. The summed E-state index contributed by atoms with van der Waals surface area (Å²) in [5.41, 5.74) is 5.86. The summed E-state index contributed by atoms with van der Waals surface area (Å²) in [4.78, 5) is 1.35. The van der Waals surface area contributed by atoms with Gasteiger partial charge in [0.25, 0.3) is 0 Å². The summed E-state index contributed by atoms with van der Waals surface area (Å²) in [7, 11) is 4.01. The van der Waals surface area contributed by atoms with Crippen LogP contribution in [0.15, 0.2) is 41.8 Å². The molecule has 0 fully saturated rings. The Morgan fingerprint density at radius 1 is 1.12 bits per heavy atom. The molecule has 16 heavy (non-hydrogen) atoms. The van der Waals surface area contributed by atoms with Crippen LogP contribution in [0.2, 0.25) is 0 Å². The zero-order valence-corrected chi connectivity index (χ0v) is 10.4. The Kier molecular flexibility index (Phi) is 3.72. The first-order valence-electron chi connectivity index (χ1n) is 5.29. The molecule has 0 saturated heterocycles. The smallest absolute Gasteiger partial charge is 0.0447 e. The molecule has 0 atom stereocenters. The maximum Gasteiger partial charge on any atom is 0.0447 e. The molecule has 0 aliphatic rings. The van der Waals surface area contributed by atoms with E-state index in [0.29, 0.717) is 0 Å². The first-order chi connectivity index (χ1) is 7.75. The Labute approximate surface area is 101 Å². The number of hydrogen-bond acceptors (Lipinski definition) is 3. The van der Waals surface area contributed by atoms with Gasteiger partial charge in [-0.05, 0) is 22.6 Å². The predicted octanol–water partition coefficient (Wildman–Crippen LogP) is 2.98. The fourth-order valence-corrected chi connectivity index (χ4v) is 2.32. The van der Waals surface area contributed by atoms with Gasteiger partial charge in [0.1, 0.15) is 0 Å². The summed E-state index contributed by atoms with van der Waals surface area (Å²) in [6.07, 6.45) is 0. The zero-order valence-electron chi connectivity index (χ0n) is 9.60. The molecular formula is C13H16N2S. The molecule has 3 heteroatoms. The normalized spacial score (nSPS) is 10.9. The van der Waals surface area contributed by atoms with Gasteiger partial charge < -0.3 is 0 Å². The van der Waals surface area contributed by atoms with E-state index in [1.54, 1.807) is 11.3 Å². The summed E-state index contributed by atoms with van der Waals surface area (Å²) in [5, 5.41) is 4.18. The Balaban J connectivity index is 2.08. The fraction of sp³-hybridized carbons (Fsp3) is 0.231. The van der Waals surface area contributed by atoms with Crippen molar-refractivity contribution in [2.75, 3.05) is 14.1 Å². The van der Waals surface area contributed by atoms with Gasteiger partial charge in [0.15, 0.2) is 0 Å². The third-order valence-corrected chi connectivity index (χ3v) is 3.27. The number of hydrogen-bond donors (Lipinski definition) is 1. The zero-order chi connectivity index (χ0) is 11.4. The monoisotopic (exact) mass is 232 g/mol. The molecule has 1 N–H and O–H groups in total. The molecule has 0 amide bonds. The van der Waals surface area contributed by atoms with E-state index in [2.05, 4.69) is 41.1 Å². The Morgan fingerprint density at radius 2 is 1.88 bits per heavy atom. The van der Waals surface area contributed by atoms with E-state index in [9.17, 15) is 0 Å². The number of rotatable bonds is 4. The molecule has 0 spiro atoms. The topological polar surface area (TPSA) is 15.3 Å². The molecule has 1 aromatic heterocycles. The molecule has 1 heterocycles. The van der Waals surface area contributed by atoms with Crippen LogP contribution in [0.5, 0.6) is 0 Å². The number of benzene rings is 1. The molecule has 0 saturated carbocycles. The lowest BCUT2D eigenvalue weighted by atomic mass is 10.1. The van der Waals surface area contributed by atoms with E-state index in [4.69, 9.17) is 0 Å². The van der Waals surface area contributed by atoms with Crippen molar-refractivity contribution in [1.82, 2.24) is 10.4 Å². The van der Waals surface area contributed by atoms with Gasteiger partial charge in [-0.1, -0.05) is 30.3 Å². The van der Waals surface area contributed by atoms with Crippen LogP contribution in [-0.4, -0.2) is 19.1 Å². The Bertz CT molecular complexity index is 434. The Hall–Kier alpha value is -1.16. The van der Waals surface area contributed by atoms with Crippen molar-refractivity contribution in [3.05, 3.63) is 46.7 Å². The fourth-order valence-electron chi connectivity index (χ4n) is 1.49. The van der Waals surface area contributed by atoms with Crippen molar-refractivity contribution >= 4 is 11.3 Å². The molecule has 0 aliphatic heterocycles. The largest absolute Gasteiger partial charge is 0.250 e. The summed E-state index contributed by atoms with van der Waals surface area (Å²) in [6.45, 7) is 0.893. The average molecular weight is 232 g/mol. The first-order valence-corrected chi connectivity index (χ1v) is 6.17. The molecule has 0 bridgehead atoms. The van der Waals surface area contributed by atoms with Crippen molar-refractivity contribution in [2.24, 2.45) is 0 Å². The molecule has 2 nitrogen and oxygen atoms in total.